The lowest BCUT2D eigenvalue weighted by atomic mass is 9.89. The first-order valence-corrected chi connectivity index (χ1v) is 16.3. The van der Waals surface area contributed by atoms with Gasteiger partial charge in [0, 0.05) is 38.4 Å². The lowest BCUT2D eigenvalue weighted by Crippen LogP contribution is -2.01. The van der Waals surface area contributed by atoms with E-state index in [1.807, 2.05) is 91.0 Å². The first-order valence-electron chi connectivity index (χ1n) is 16.3. The molecule has 230 valence electrons. The Kier molecular flexibility index (Phi) is 6.56. The zero-order chi connectivity index (χ0) is 33.8. The number of aromatic nitrogens is 2. The van der Waals surface area contributed by atoms with Crippen LogP contribution in [0.4, 0.5) is 0 Å². The van der Waals surface area contributed by atoms with E-state index in [9.17, 15) is 15.8 Å². The summed E-state index contributed by atoms with van der Waals surface area (Å²) in [6, 6.07) is 57.7. The second kappa shape index (κ2) is 11.4. The van der Waals surface area contributed by atoms with Crippen molar-refractivity contribution in [3.8, 4) is 51.8 Å². The van der Waals surface area contributed by atoms with Crippen molar-refractivity contribution < 1.29 is 0 Å². The summed E-state index contributed by atoms with van der Waals surface area (Å²) in [5, 5.41) is 34.6. The van der Waals surface area contributed by atoms with Crippen LogP contribution in [-0.2, 0) is 0 Å². The molecule has 7 aromatic carbocycles. The van der Waals surface area contributed by atoms with Gasteiger partial charge in [0.25, 0.3) is 0 Å². The monoisotopic (exact) mass is 635 g/mol. The van der Waals surface area contributed by atoms with E-state index < -0.39 is 0 Å². The van der Waals surface area contributed by atoms with Crippen molar-refractivity contribution in [1.82, 2.24) is 9.13 Å². The topological polar surface area (TPSA) is 81.2 Å². The highest BCUT2D eigenvalue weighted by Crippen LogP contribution is 2.42. The van der Waals surface area contributed by atoms with E-state index in [1.165, 1.54) is 0 Å². The van der Waals surface area contributed by atoms with Crippen molar-refractivity contribution in [2.24, 2.45) is 0 Å². The van der Waals surface area contributed by atoms with Crippen molar-refractivity contribution in [3.05, 3.63) is 168 Å². The fraction of sp³-hybridized carbons (Fsp3) is 0. The molecular weight excluding hydrogens is 611 g/mol. The molecule has 0 N–H and O–H groups in total. The molecule has 0 saturated heterocycles. The molecule has 9 aromatic rings. The van der Waals surface area contributed by atoms with Gasteiger partial charge in [-0.3, -0.25) is 0 Å². The van der Waals surface area contributed by atoms with Crippen molar-refractivity contribution in [3.63, 3.8) is 0 Å². The molecule has 0 atom stereocenters. The summed E-state index contributed by atoms with van der Waals surface area (Å²) >= 11 is 0. The minimum Gasteiger partial charge on any atom is -0.309 e. The van der Waals surface area contributed by atoms with Gasteiger partial charge in [0.15, 0.2) is 0 Å². The maximum absolute atomic E-state index is 10.6. The predicted octanol–water partition coefficient (Wildman–Crippen LogP) is 10.8. The SMILES string of the molecule is N#Cc1ccc(-c2c(C#N)cccc2-c2cccc(-n3c4ccccc4c4cc(C#N)ccc43)c2)c(-n2c3ccccc3c3ccccc32)c1. The molecule has 0 bridgehead atoms. The standard InChI is InChI=1S/C45H25N5/c46-26-29-20-22-43-39(23-29)37-14-3-4-16-40(37)49(43)33-11-7-9-31(25-33)34-15-8-10-32(28-48)45(34)38-21-19-30(27-47)24-44(38)50-41-17-5-1-12-35(41)36-13-2-6-18-42(36)50/h1-25H. The molecule has 5 heteroatoms. The molecule has 0 fully saturated rings. The zero-order valence-corrected chi connectivity index (χ0v) is 26.7. The van der Waals surface area contributed by atoms with Crippen molar-refractivity contribution in [1.29, 1.82) is 15.8 Å². The first-order chi connectivity index (χ1) is 24.7. The molecular formula is C45H25N5. The number of nitrogens with zero attached hydrogens (tertiary/aromatic N) is 5. The van der Waals surface area contributed by atoms with Crippen molar-refractivity contribution >= 4 is 43.6 Å². The molecule has 0 unspecified atom stereocenters. The Labute approximate surface area is 287 Å². The van der Waals surface area contributed by atoms with E-state index in [0.29, 0.717) is 16.7 Å². The molecule has 0 aliphatic heterocycles. The van der Waals surface area contributed by atoms with Gasteiger partial charge in [-0.1, -0.05) is 84.9 Å². The number of hydrogen-bond acceptors (Lipinski definition) is 3. The zero-order valence-electron chi connectivity index (χ0n) is 26.7. The van der Waals surface area contributed by atoms with Crippen LogP contribution in [0.3, 0.4) is 0 Å². The third-order valence-corrected chi connectivity index (χ3v) is 9.62. The summed E-state index contributed by atoms with van der Waals surface area (Å²) in [5.74, 6) is 0. The number of para-hydroxylation sites is 3. The van der Waals surface area contributed by atoms with Gasteiger partial charge in [0.1, 0.15) is 0 Å². The molecule has 0 spiro atoms. The van der Waals surface area contributed by atoms with E-state index in [2.05, 4.69) is 88.0 Å². The molecule has 0 saturated carbocycles. The average Bonchev–Trinajstić information content (AvgIpc) is 3.70. The van der Waals surface area contributed by atoms with Crippen LogP contribution in [0.25, 0.3) is 77.2 Å². The summed E-state index contributed by atoms with van der Waals surface area (Å²) in [7, 11) is 0. The van der Waals surface area contributed by atoms with E-state index in [4.69, 9.17) is 0 Å². The minimum absolute atomic E-state index is 0.537. The minimum atomic E-state index is 0.537. The molecule has 2 heterocycles. The highest BCUT2D eigenvalue weighted by Gasteiger charge is 2.21. The summed E-state index contributed by atoms with van der Waals surface area (Å²) < 4.78 is 4.44. The summed E-state index contributed by atoms with van der Waals surface area (Å²) in [6.07, 6.45) is 0. The Morgan fingerprint density at radius 2 is 0.980 bits per heavy atom. The highest BCUT2D eigenvalue weighted by molar-refractivity contribution is 6.11. The predicted molar refractivity (Wildman–Crippen MR) is 200 cm³/mol. The third kappa shape index (κ3) is 4.31. The molecule has 0 aliphatic rings. The maximum atomic E-state index is 10.6. The maximum Gasteiger partial charge on any atom is 0.0998 e. The van der Waals surface area contributed by atoms with Gasteiger partial charge in [0.2, 0.25) is 0 Å². The Morgan fingerprint density at radius 3 is 1.66 bits per heavy atom. The number of benzene rings is 7. The Balaban J connectivity index is 1.32. The number of fused-ring (bicyclic) bond motifs is 6. The average molecular weight is 636 g/mol. The molecule has 0 radical (unpaired) electrons. The van der Waals surface area contributed by atoms with Gasteiger partial charge in [-0.25, -0.2) is 0 Å². The lowest BCUT2D eigenvalue weighted by molar-refractivity contribution is 1.18. The quantitative estimate of drug-likeness (QED) is 0.193. The summed E-state index contributed by atoms with van der Waals surface area (Å²) in [6.45, 7) is 0. The Hall–Kier alpha value is -7.39. The van der Waals surface area contributed by atoms with Gasteiger partial charge in [0.05, 0.1) is 62.7 Å². The number of hydrogen-bond donors (Lipinski definition) is 0. The highest BCUT2D eigenvalue weighted by atomic mass is 15.0. The second-order valence-corrected chi connectivity index (χ2v) is 12.3. The number of nitriles is 3. The molecule has 0 amide bonds. The Morgan fingerprint density at radius 1 is 0.400 bits per heavy atom. The molecule has 0 aliphatic carbocycles. The third-order valence-electron chi connectivity index (χ3n) is 9.62. The molecule has 2 aromatic heterocycles. The summed E-state index contributed by atoms with van der Waals surface area (Å²) in [4.78, 5) is 0. The van der Waals surface area contributed by atoms with Crippen LogP contribution in [0.1, 0.15) is 16.7 Å². The van der Waals surface area contributed by atoms with E-state index in [-0.39, 0.29) is 0 Å². The fourth-order valence-electron chi connectivity index (χ4n) is 7.49. The fourth-order valence-corrected chi connectivity index (χ4v) is 7.49. The van der Waals surface area contributed by atoms with Gasteiger partial charge in [-0.05, 0) is 77.9 Å². The van der Waals surface area contributed by atoms with Crippen LogP contribution in [0.15, 0.2) is 152 Å². The molecule has 5 nitrogen and oxygen atoms in total. The first kappa shape index (κ1) is 28.8. The van der Waals surface area contributed by atoms with Crippen LogP contribution in [-0.4, -0.2) is 9.13 Å². The van der Waals surface area contributed by atoms with Crippen LogP contribution in [0.5, 0.6) is 0 Å². The molecule has 9 rings (SSSR count). The lowest BCUT2D eigenvalue weighted by Gasteiger charge is -2.19. The Bertz CT molecular complexity index is 2920. The van der Waals surface area contributed by atoms with E-state index >= 15 is 0 Å². The molecule has 50 heavy (non-hydrogen) atoms. The number of rotatable bonds is 4. The van der Waals surface area contributed by atoms with Gasteiger partial charge in [-0.2, -0.15) is 15.8 Å². The van der Waals surface area contributed by atoms with Gasteiger partial charge >= 0.3 is 0 Å². The van der Waals surface area contributed by atoms with Gasteiger partial charge in [-0.15, -0.1) is 0 Å². The van der Waals surface area contributed by atoms with Crippen LogP contribution in [0.2, 0.25) is 0 Å². The van der Waals surface area contributed by atoms with E-state index in [1.54, 1.807) is 0 Å². The van der Waals surface area contributed by atoms with Crippen LogP contribution in [0, 0.1) is 34.0 Å². The summed E-state index contributed by atoms with van der Waals surface area (Å²) in [5.41, 5.74) is 11.1. The smallest absolute Gasteiger partial charge is 0.0998 e. The normalized spacial score (nSPS) is 11.1. The van der Waals surface area contributed by atoms with Crippen molar-refractivity contribution in [2.45, 2.75) is 0 Å². The van der Waals surface area contributed by atoms with Gasteiger partial charge < -0.3 is 9.13 Å². The van der Waals surface area contributed by atoms with Crippen LogP contribution < -0.4 is 0 Å². The van der Waals surface area contributed by atoms with Crippen LogP contribution >= 0.6 is 0 Å². The largest absolute Gasteiger partial charge is 0.309 e. The van der Waals surface area contributed by atoms with E-state index in [0.717, 1.165) is 77.2 Å². The van der Waals surface area contributed by atoms with Crippen molar-refractivity contribution in [2.75, 3.05) is 0 Å². The second-order valence-electron chi connectivity index (χ2n) is 12.3.